The van der Waals surface area contributed by atoms with E-state index in [-0.39, 0.29) is 6.10 Å². The molecule has 1 unspecified atom stereocenters. The average Bonchev–Trinajstić information content (AvgIpc) is 2.39. The maximum atomic E-state index is 6.50. The first kappa shape index (κ1) is 15.0. The number of halogens is 1. The number of ether oxygens (including phenoxy) is 1. The molecule has 4 heteroatoms. The third-order valence-corrected chi connectivity index (χ3v) is 3.66. The fraction of sp³-hybridized carbons (Fsp3) is 0.312. The summed E-state index contributed by atoms with van der Waals surface area (Å²) >= 11 is 3.43. The molecule has 1 atom stereocenters. The van der Waals surface area contributed by atoms with Crippen molar-refractivity contribution in [3.05, 3.63) is 58.3 Å². The molecule has 0 aliphatic heterocycles. The normalized spacial score (nSPS) is 14.1. The lowest BCUT2D eigenvalue weighted by Gasteiger charge is -2.26. The molecule has 0 radical (unpaired) electrons. The minimum Gasteiger partial charge on any atom is -0.489 e. The molecule has 2 rings (SSSR count). The Morgan fingerprint density at radius 1 is 1.15 bits per heavy atom. The number of nitrogens with two attached hydrogens (primary N) is 1. The Balaban J connectivity index is 2.35. The van der Waals surface area contributed by atoms with Crippen LogP contribution in [0.5, 0.6) is 5.75 Å². The van der Waals surface area contributed by atoms with E-state index in [4.69, 9.17) is 10.5 Å². The standard InChI is InChI=1S/C16H19BrN2O/c1-11(2)20-15-8-13(9-19-10-15)16(3,18)12-4-6-14(17)7-5-12/h4-11H,18H2,1-3H3. The van der Waals surface area contributed by atoms with Gasteiger partial charge < -0.3 is 10.5 Å². The highest BCUT2D eigenvalue weighted by molar-refractivity contribution is 9.10. The molecule has 0 saturated carbocycles. The van der Waals surface area contributed by atoms with Crippen molar-refractivity contribution in [2.24, 2.45) is 5.73 Å². The van der Waals surface area contributed by atoms with Crippen molar-refractivity contribution >= 4 is 15.9 Å². The molecule has 0 aliphatic rings. The van der Waals surface area contributed by atoms with Crippen molar-refractivity contribution in [2.45, 2.75) is 32.4 Å². The van der Waals surface area contributed by atoms with Gasteiger partial charge in [0.2, 0.25) is 0 Å². The lowest BCUT2D eigenvalue weighted by atomic mass is 9.87. The van der Waals surface area contributed by atoms with Gasteiger partial charge in [0.05, 0.1) is 17.8 Å². The van der Waals surface area contributed by atoms with Gasteiger partial charge in [0.15, 0.2) is 0 Å². The van der Waals surface area contributed by atoms with Crippen LogP contribution in [0.15, 0.2) is 47.2 Å². The molecule has 106 valence electrons. The quantitative estimate of drug-likeness (QED) is 0.923. The van der Waals surface area contributed by atoms with Gasteiger partial charge in [-0.2, -0.15) is 0 Å². The molecule has 0 saturated heterocycles. The molecule has 1 aromatic heterocycles. The molecule has 1 heterocycles. The minimum absolute atomic E-state index is 0.115. The summed E-state index contributed by atoms with van der Waals surface area (Å²) in [6, 6.07) is 9.96. The Morgan fingerprint density at radius 2 is 1.80 bits per heavy atom. The lowest BCUT2D eigenvalue weighted by molar-refractivity contribution is 0.241. The Hall–Kier alpha value is -1.39. The smallest absolute Gasteiger partial charge is 0.138 e. The van der Waals surface area contributed by atoms with Gasteiger partial charge in [0.25, 0.3) is 0 Å². The molecular formula is C16H19BrN2O. The Kier molecular flexibility index (Phi) is 4.45. The van der Waals surface area contributed by atoms with Crippen molar-refractivity contribution in [1.29, 1.82) is 0 Å². The summed E-state index contributed by atoms with van der Waals surface area (Å²) in [6.07, 6.45) is 3.61. The molecule has 3 nitrogen and oxygen atoms in total. The molecule has 0 bridgehead atoms. The van der Waals surface area contributed by atoms with Gasteiger partial charge in [0.1, 0.15) is 5.75 Å². The first-order valence-corrected chi connectivity index (χ1v) is 7.36. The van der Waals surface area contributed by atoms with Gasteiger partial charge >= 0.3 is 0 Å². The number of nitrogens with zero attached hydrogens (tertiary/aromatic N) is 1. The second-order valence-corrected chi connectivity index (χ2v) is 6.20. The van der Waals surface area contributed by atoms with E-state index in [1.807, 2.05) is 51.1 Å². The molecule has 0 spiro atoms. The van der Waals surface area contributed by atoms with Crippen LogP contribution in [0.1, 0.15) is 31.9 Å². The summed E-state index contributed by atoms with van der Waals surface area (Å²) in [6.45, 7) is 5.96. The van der Waals surface area contributed by atoms with E-state index in [1.165, 1.54) is 0 Å². The zero-order valence-electron chi connectivity index (χ0n) is 11.9. The van der Waals surface area contributed by atoms with Gasteiger partial charge in [-0.3, -0.25) is 4.98 Å². The maximum Gasteiger partial charge on any atom is 0.138 e. The van der Waals surface area contributed by atoms with Crippen LogP contribution in [0, 0.1) is 0 Å². The second-order valence-electron chi connectivity index (χ2n) is 5.29. The molecule has 20 heavy (non-hydrogen) atoms. The topological polar surface area (TPSA) is 48.1 Å². The van der Waals surface area contributed by atoms with Crippen LogP contribution in [0.25, 0.3) is 0 Å². The molecule has 0 fully saturated rings. The third kappa shape index (κ3) is 3.38. The minimum atomic E-state index is -0.607. The third-order valence-electron chi connectivity index (χ3n) is 3.13. The Morgan fingerprint density at radius 3 is 2.40 bits per heavy atom. The first-order valence-electron chi connectivity index (χ1n) is 6.56. The summed E-state index contributed by atoms with van der Waals surface area (Å²) in [4.78, 5) is 4.23. The highest BCUT2D eigenvalue weighted by atomic mass is 79.9. The molecule has 0 amide bonds. The van der Waals surface area contributed by atoms with E-state index in [1.54, 1.807) is 12.4 Å². The van der Waals surface area contributed by atoms with Crippen molar-refractivity contribution in [1.82, 2.24) is 4.98 Å². The molecular weight excluding hydrogens is 316 g/mol. The number of hydrogen-bond donors (Lipinski definition) is 1. The fourth-order valence-corrected chi connectivity index (χ4v) is 2.27. The van der Waals surface area contributed by atoms with E-state index in [0.29, 0.717) is 0 Å². The van der Waals surface area contributed by atoms with Gasteiger partial charge in [-0.05, 0) is 50.1 Å². The van der Waals surface area contributed by atoms with Crippen molar-refractivity contribution in [3.63, 3.8) is 0 Å². The predicted molar refractivity (Wildman–Crippen MR) is 84.8 cm³/mol. The van der Waals surface area contributed by atoms with Gasteiger partial charge in [-0.15, -0.1) is 0 Å². The maximum absolute atomic E-state index is 6.50. The van der Waals surface area contributed by atoms with E-state index >= 15 is 0 Å². The zero-order chi connectivity index (χ0) is 14.8. The van der Waals surface area contributed by atoms with Crippen molar-refractivity contribution in [3.8, 4) is 5.75 Å². The van der Waals surface area contributed by atoms with Crippen LogP contribution in [-0.2, 0) is 5.54 Å². The van der Waals surface area contributed by atoms with Crippen molar-refractivity contribution in [2.75, 3.05) is 0 Å². The van der Waals surface area contributed by atoms with Crippen LogP contribution < -0.4 is 10.5 Å². The number of aromatic nitrogens is 1. The fourth-order valence-electron chi connectivity index (χ4n) is 2.00. The van der Waals surface area contributed by atoms with Crippen LogP contribution in [0.2, 0.25) is 0 Å². The van der Waals surface area contributed by atoms with E-state index in [2.05, 4.69) is 20.9 Å². The number of pyridine rings is 1. The monoisotopic (exact) mass is 334 g/mol. The van der Waals surface area contributed by atoms with Gasteiger partial charge in [-0.1, -0.05) is 28.1 Å². The Bertz CT molecular complexity index is 579. The summed E-state index contributed by atoms with van der Waals surface area (Å²) in [7, 11) is 0. The molecule has 0 aliphatic carbocycles. The average molecular weight is 335 g/mol. The number of benzene rings is 1. The largest absolute Gasteiger partial charge is 0.489 e. The number of hydrogen-bond acceptors (Lipinski definition) is 3. The summed E-state index contributed by atoms with van der Waals surface area (Å²) in [5, 5.41) is 0. The first-order chi connectivity index (χ1) is 9.39. The van der Waals surface area contributed by atoms with Crippen molar-refractivity contribution < 1.29 is 4.74 Å². The SMILES string of the molecule is CC(C)Oc1cncc(C(C)(N)c2ccc(Br)cc2)c1. The summed E-state index contributed by atoms with van der Waals surface area (Å²) < 4.78 is 6.71. The highest BCUT2D eigenvalue weighted by Gasteiger charge is 2.24. The Labute approximate surface area is 128 Å². The predicted octanol–water partition coefficient (Wildman–Crippen LogP) is 3.85. The van der Waals surface area contributed by atoms with E-state index < -0.39 is 5.54 Å². The molecule has 1 aromatic carbocycles. The van der Waals surface area contributed by atoms with Crippen LogP contribution in [-0.4, -0.2) is 11.1 Å². The van der Waals surface area contributed by atoms with E-state index in [0.717, 1.165) is 21.3 Å². The lowest BCUT2D eigenvalue weighted by Crippen LogP contribution is -2.34. The van der Waals surface area contributed by atoms with Crippen LogP contribution in [0.4, 0.5) is 0 Å². The molecule has 2 N–H and O–H groups in total. The van der Waals surface area contributed by atoms with Gasteiger partial charge in [0, 0.05) is 10.7 Å². The summed E-state index contributed by atoms with van der Waals surface area (Å²) in [5.41, 5.74) is 7.85. The van der Waals surface area contributed by atoms with Crippen LogP contribution >= 0.6 is 15.9 Å². The number of rotatable bonds is 4. The second kappa shape index (κ2) is 5.94. The van der Waals surface area contributed by atoms with Gasteiger partial charge in [-0.25, -0.2) is 0 Å². The highest BCUT2D eigenvalue weighted by Crippen LogP contribution is 2.29. The van der Waals surface area contributed by atoms with Crippen LogP contribution in [0.3, 0.4) is 0 Å². The zero-order valence-corrected chi connectivity index (χ0v) is 13.5. The van der Waals surface area contributed by atoms with E-state index in [9.17, 15) is 0 Å². The molecule has 2 aromatic rings. The summed E-state index contributed by atoms with van der Waals surface area (Å²) in [5.74, 6) is 0.742.